The van der Waals surface area contributed by atoms with Gasteiger partial charge < -0.3 is 11.1 Å². The zero-order valence-electron chi connectivity index (χ0n) is 22.2. The highest BCUT2D eigenvalue weighted by molar-refractivity contribution is 7.86. The fraction of sp³-hybridized carbons (Fsp3) is 0.0625. The maximum Gasteiger partial charge on any atom is 0.295 e. The number of thiazole rings is 2. The molecule has 0 aliphatic heterocycles. The van der Waals surface area contributed by atoms with Crippen LogP contribution in [0.15, 0.2) is 119 Å². The zero-order chi connectivity index (χ0) is 29.1. The van der Waals surface area contributed by atoms with E-state index in [4.69, 9.17) is 15.7 Å². The normalized spacial score (nSPS) is 12.2. The van der Waals surface area contributed by atoms with Crippen molar-refractivity contribution in [2.75, 3.05) is 11.1 Å². The van der Waals surface area contributed by atoms with Gasteiger partial charge in [-0.2, -0.15) is 8.42 Å². The van der Waals surface area contributed by atoms with Gasteiger partial charge in [-0.05, 0) is 35.7 Å². The molecule has 7 nitrogen and oxygen atoms in total. The van der Waals surface area contributed by atoms with E-state index in [2.05, 4.69) is 10.7 Å². The molecule has 0 amide bonds. The summed E-state index contributed by atoms with van der Waals surface area (Å²) in [6.07, 6.45) is 0.612. The Morgan fingerprint density at radius 3 is 2.17 bits per heavy atom. The molecule has 6 aromatic rings. The van der Waals surface area contributed by atoms with E-state index in [0.29, 0.717) is 23.2 Å². The first-order chi connectivity index (χ1) is 20.3. The molecule has 0 fully saturated rings. The van der Waals surface area contributed by atoms with E-state index < -0.39 is 10.1 Å². The molecule has 0 unspecified atom stereocenters. The Bertz CT molecular complexity index is 1920. The van der Waals surface area contributed by atoms with Crippen molar-refractivity contribution >= 4 is 43.6 Å². The average molecular weight is 611 g/mol. The molecule has 0 aliphatic carbocycles. The Balaban J connectivity index is 1.30. The minimum absolute atomic E-state index is 0.167. The highest BCUT2D eigenvalue weighted by Crippen LogP contribution is 2.34. The third kappa shape index (κ3) is 6.27. The summed E-state index contributed by atoms with van der Waals surface area (Å²) in [4.78, 5) is 9.63. The molecule has 2 heterocycles. The lowest BCUT2D eigenvalue weighted by atomic mass is 9.99. The van der Waals surface area contributed by atoms with Crippen molar-refractivity contribution in [2.45, 2.75) is 17.4 Å². The fourth-order valence-electron chi connectivity index (χ4n) is 4.67. The van der Waals surface area contributed by atoms with Crippen LogP contribution in [-0.4, -0.2) is 22.9 Å². The maximum atomic E-state index is 12.0. The first-order valence-corrected chi connectivity index (χ1v) is 16.3. The van der Waals surface area contributed by atoms with Crippen LogP contribution in [0.5, 0.6) is 0 Å². The van der Waals surface area contributed by atoms with E-state index in [-0.39, 0.29) is 10.9 Å². The summed E-state index contributed by atoms with van der Waals surface area (Å²) in [7, 11) is -4.42. The first-order valence-electron chi connectivity index (χ1n) is 13.1. The largest absolute Gasteiger partial charge is 0.399 e. The van der Waals surface area contributed by atoms with Crippen LogP contribution in [0, 0.1) is 0 Å². The predicted molar refractivity (Wildman–Crippen MR) is 171 cm³/mol. The van der Waals surface area contributed by atoms with Gasteiger partial charge in [0, 0.05) is 33.1 Å². The number of anilines is 2. The molecule has 6 rings (SSSR count). The number of nitrogens with zero attached hydrogens (tertiary/aromatic N) is 2. The molecule has 4 aromatic carbocycles. The average Bonchev–Trinajstić information content (AvgIpc) is 3.68. The van der Waals surface area contributed by atoms with Crippen LogP contribution in [0.2, 0.25) is 0 Å². The molecule has 0 spiro atoms. The summed E-state index contributed by atoms with van der Waals surface area (Å²) in [5, 5.41) is 9.45. The van der Waals surface area contributed by atoms with Crippen LogP contribution >= 0.6 is 22.7 Å². The van der Waals surface area contributed by atoms with Crippen LogP contribution in [-0.2, 0) is 16.5 Å². The number of hydrogen-bond acceptors (Lipinski definition) is 8. The Kier molecular flexibility index (Phi) is 7.86. The first kappa shape index (κ1) is 27.8. The van der Waals surface area contributed by atoms with Gasteiger partial charge in [0.25, 0.3) is 10.1 Å². The fourth-order valence-corrected chi connectivity index (χ4v) is 7.02. The van der Waals surface area contributed by atoms with Crippen LogP contribution < -0.4 is 11.1 Å². The summed E-state index contributed by atoms with van der Waals surface area (Å²) in [6, 6.07) is 31.9. The van der Waals surface area contributed by atoms with Crippen molar-refractivity contribution < 1.29 is 13.0 Å². The van der Waals surface area contributed by atoms with Gasteiger partial charge in [-0.3, -0.25) is 4.55 Å². The maximum absolute atomic E-state index is 12.0. The van der Waals surface area contributed by atoms with Crippen molar-refractivity contribution in [3.05, 3.63) is 125 Å². The smallest absolute Gasteiger partial charge is 0.295 e. The monoisotopic (exact) mass is 610 g/mol. The summed E-state index contributed by atoms with van der Waals surface area (Å²) in [5.41, 5.74) is 12.3. The number of aromatic nitrogens is 2. The molecule has 0 radical (unpaired) electrons. The second kappa shape index (κ2) is 11.9. The third-order valence-corrected chi connectivity index (χ3v) is 9.35. The molecule has 210 valence electrons. The van der Waals surface area contributed by atoms with Crippen molar-refractivity contribution in [1.82, 2.24) is 9.97 Å². The Hall–Kier alpha value is -4.35. The standard InChI is InChI=1S/C32H26N4O3S3/c33-25-15-16-30(42(37,38)39)26(18-25)22-13-11-21(12-14-22)17-27(29-20-40-31(34-29)24-9-5-2-6-10-24)35-32-36-28(19-41-32)23-7-3-1-4-8-23/h1-16,18-20,27H,17,33H2,(H,35,36)(H,37,38,39)/t27-/m0/s1. The second-order valence-electron chi connectivity index (χ2n) is 9.68. The quantitative estimate of drug-likeness (QED) is 0.113. The molecule has 0 aliphatic rings. The topological polar surface area (TPSA) is 118 Å². The predicted octanol–water partition coefficient (Wildman–Crippen LogP) is 7.83. The third-order valence-electron chi connectivity index (χ3n) is 6.76. The van der Waals surface area contributed by atoms with Crippen LogP contribution in [0.3, 0.4) is 0 Å². The molecular formula is C32H26N4O3S3. The van der Waals surface area contributed by atoms with Crippen LogP contribution in [0.1, 0.15) is 17.3 Å². The van der Waals surface area contributed by atoms with E-state index in [0.717, 1.165) is 38.2 Å². The molecule has 4 N–H and O–H groups in total. The van der Waals surface area contributed by atoms with Crippen LogP contribution in [0.25, 0.3) is 33.0 Å². The van der Waals surface area contributed by atoms with Gasteiger partial charge in [0.2, 0.25) is 0 Å². The zero-order valence-corrected chi connectivity index (χ0v) is 24.7. The molecule has 2 aromatic heterocycles. The van der Waals surface area contributed by atoms with Gasteiger partial charge >= 0.3 is 0 Å². The SMILES string of the molecule is Nc1ccc(S(=O)(=O)O)c(-c2ccc(C[C@H](Nc3nc(-c4ccccc4)cs3)c3csc(-c4ccccc4)n3)cc2)c1. The number of benzene rings is 4. The van der Waals surface area contributed by atoms with E-state index in [1.54, 1.807) is 28.7 Å². The van der Waals surface area contributed by atoms with Crippen molar-refractivity contribution in [3.63, 3.8) is 0 Å². The Labute approximate surface area is 252 Å². The second-order valence-corrected chi connectivity index (χ2v) is 12.8. The van der Waals surface area contributed by atoms with E-state index in [9.17, 15) is 13.0 Å². The highest BCUT2D eigenvalue weighted by Gasteiger charge is 2.20. The van der Waals surface area contributed by atoms with Gasteiger partial charge in [0.1, 0.15) is 9.90 Å². The number of nitrogens with one attached hydrogen (secondary N) is 1. The van der Waals surface area contributed by atoms with Gasteiger partial charge in [-0.1, -0.05) is 84.9 Å². The van der Waals surface area contributed by atoms with Crippen molar-refractivity contribution in [1.29, 1.82) is 0 Å². The number of nitrogens with two attached hydrogens (primary N) is 1. The van der Waals surface area contributed by atoms with Crippen molar-refractivity contribution in [3.8, 4) is 33.0 Å². The molecule has 0 bridgehead atoms. The number of rotatable bonds is 9. The lowest BCUT2D eigenvalue weighted by Gasteiger charge is -2.17. The lowest BCUT2D eigenvalue weighted by Crippen LogP contribution is -2.14. The molecule has 10 heteroatoms. The summed E-state index contributed by atoms with van der Waals surface area (Å²) in [5.74, 6) is 0. The Morgan fingerprint density at radius 1 is 0.786 bits per heavy atom. The van der Waals surface area contributed by atoms with E-state index in [1.807, 2.05) is 90.3 Å². The highest BCUT2D eigenvalue weighted by atomic mass is 32.2. The van der Waals surface area contributed by atoms with Gasteiger partial charge in [0.05, 0.1) is 17.4 Å². The molecule has 0 saturated heterocycles. The minimum Gasteiger partial charge on any atom is -0.399 e. The molecule has 0 saturated carbocycles. The van der Waals surface area contributed by atoms with Crippen molar-refractivity contribution in [2.24, 2.45) is 0 Å². The van der Waals surface area contributed by atoms with Gasteiger partial charge in [-0.15, -0.1) is 22.7 Å². The van der Waals surface area contributed by atoms with E-state index in [1.165, 1.54) is 12.1 Å². The summed E-state index contributed by atoms with van der Waals surface area (Å²) < 4.78 is 33.7. The lowest BCUT2D eigenvalue weighted by molar-refractivity contribution is 0.483. The number of nitrogen functional groups attached to an aromatic ring is 1. The van der Waals surface area contributed by atoms with E-state index >= 15 is 0 Å². The van der Waals surface area contributed by atoms with Gasteiger partial charge in [-0.25, -0.2) is 9.97 Å². The molecule has 42 heavy (non-hydrogen) atoms. The summed E-state index contributed by atoms with van der Waals surface area (Å²) in [6.45, 7) is 0. The minimum atomic E-state index is -4.42. The molecule has 1 atom stereocenters. The Morgan fingerprint density at radius 2 is 1.48 bits per heavy atom. The molecular weight excluding hydrogens is 585 g/mol. The van der Waals surface area contributed by atoms with Crippen LogP contribution in [0.4, 0.5) is 10.8 Å². The van der Waals surface area contributed by atoms with Gasteiger partial charge in [0.15, 0.2) is 5.13 Å². The number of hydrogen-bond donors (Lipinski definition) is 3. The summed E-state index contributed by atoms with van der Waals surface area (Å²) >= 11 is 3.15.